The van der Waals surface area contributed by atoms with E-state index in [2.05, 4.69) is 20.3 Å². The van der Waals surface area contributed by atoms with Crippen molar-refractivity contribution in [1.29, 1.82) is 0 Å². The molecule has 0 fully saturated rings. The molecule has 2 amide bonds. The Morgan fingerprint density at radius 1 is 1.30 bits per heavy atom. The number of hydrogen-bond acceptors (Lipinski definition) is 7. The van der Waals surface area contributed by atoms with Crippen LogP contribution in [0.2, 0.25) is 0 Å². The third-order valence-electron chi connectivity index (χ3n) is 3.82. The van der Waals surface area contributed by atoms with Gasteiger partial charge in [0.1, 0.15) is 35.5 Å². The van der Waals surface area contributed by atoms with E-state index >= 15 is 0 Å². The third kappa shape index (κ3) is 3.89. The molecule has 0 bridgehead atoms. The molecular weight excluding hydrogens is 352 g/mol. The molecule has 3 aromatic rings. The minimum Gasteiger partial charge on any atom is -0.469 e. The van der Waals surface area contributed by atoms with Crippen molar-refractivity contribution in [3.63, 3.8) is 0 Å². The van der Waals surface area contributed by atoms with Crippen LogP contribution in [-0.4, -0.2) is 43.2 Å². The van der Waals surface area contributed by atoms with Gasteiger partial charge in [-0.2, -0.15) is 0 Å². The molecule has 0 saturated carbocycles. The lowest BCUT2D eigenvalue weighted by Gasteiger charge is -2.16. The van der Waals surface area contributed by atoms with Crippen LogP contribution in [-0.2, 0) is 16.0 Å². The smallest absolute Gasteiger partial charge is 0.287 e. The van der Waals surface area contributed by atoms with E-state index < -0.39 is 23.6 Å². The SMILES string of the molecule is Cc1ncc(C(=O)NC(Cc2ccco2)C(=O)C(N)=O)n1-c1ccncn1. The van der Waals surface area contributed by atoms with Crippen LogP contribution >= 0.6 is 0 Å². The van der Waals surface area contributed by atoms with Gasteiger partial charge in [0.05, 0.1) is 12.5 Å². The molecule has 0 aromatic carbocycles. The molecule has 0 aliphatic carbocycles. The Kier molecular flexibility index (Phi) is 5.06. The molecular formula is C17H16N6O4. The first-order chi connectivity index (χ1) is 13.0. The summed E-state index contributed by atoms with van der Waals surface area (Å²) in [7, 11) is 0. The molecule has 10 heteroatoms. The summed E-state index contributed by atoms with van der Waals surface area (Å²) in [5.41, 5.74) is 5.25. The summed E-state index contributed by atoms with van der Waals surface area (Å²) in [6.07, 6.45) is 5.63. The molecule has 3 N–H and O–H groups in total. The Morgan fingerprint density at radius 2 is 2.11 bits per heavy atom. The van der Waals surface area contributed by atoms with Gasteiger partial charge in [0.15, 0.2) is 0 Å². The highest BCUT2D eigenvalue weighted by molar-refractivity contribution is 6.38. The molecule has 3 rings (SSSR count). The number of nitrogens with zero attached hydrogens (tertiary/aromatic N) is 4. The summed E-state index contributed by atoms with van der Waals surface area (Å²) in [5.74, 6) is -1.30. The van der Waals surface area contributed by atoms with Crippen LogP contribution < -0.4 is 11.1 Å². The molecule has 1 atom stereocenters. The fraction of sp³-hybridized carbons (Fsp3) is 0.176. The Hall–Kier alpha value is -3.82. The van der Waals surface area contributed by atoms with E-state index in [0.29, 0.717) is 17.4 Å². The number of aryl methyl sites for hydroxylation is 1. The zero-order chi connectivity index (χ0) is 19.4. The van der Waals surface area contributed by atoms with Gasteiger partial charge in [0.25, 0.3) is 11.8 Å². The van der Waals surface area contributed by atoms with E-state index in [9.17, 15) is 14.4 Å². The monoisotopic (exact) mass is 368 g/mol. The third-order valence-corrected chi connectivity index (χ3v) is 3.82. The number of nitrogens with two attached hydrogens (primary N) is 1. The van der Waals surface area contributed by atoms with Crippen molar-refractivity contribution in [3.05, 3.63) is 60.5 Å². The van der Waals surface area contributed by atoms with Gasteiger partial charge in [0, 0.05) is 12.6 Å². The Morgan fingerprint density at radius 3 is 2.74 bits per heavy atom. The first kappa shape index (κ1) is 18.0. The molecule has 0 aliphatic heterocycles. The highest BCUT2D eigenvalue weighted by Gasteiger charge is 2.28. The first-order valence-corrected chi connectivity index (χ1v) is 7.95. The van der Waals surface area contributed by atoms with Crippen LogP contribution in [0.5, 0.6) is 0 Å². The van der Waals surface area contributed by atoms with Gasteiger partial charge in [-0.15, -0.1) is 0 Å². The maximum absolute atomic E-state index is 12.8. The van der Waals surface area contributed by atoms with E-state index in [0.717, 1.165) is 0 Å². The molecule has 3 aromatic heterocycles. The molecule has 10 nitrogen and oxygen atoms in total. The summed E-state index contributed by atoms with van der Waals surface area (Å²) in [5, 5.41) is 2.52. The number of imidazole rings is 1. The number of Topliss-reactive ketones (excluding diaryl/α,β-unsaturated/α-hetero) is 1. The van der Waals surface area contributed by atoms with Crippen molar-refractivity contribution >= 4 is 17.6 Å². The maximum Gasteiger partial charge on any atom is 0.287 e. The normalized spacial score (nSPS) is 11.7. The summed E-state index contributed by atoms with van der Waals surface area (Å²) in [6.45, 7) is 1.70. The number of furan rings is 1. The summed E-state index contributed by atoms with van der Waals surface area (Å²) >= 11 is 0. The first-order valence-electron chi connectivity index (χ1n) is 7.95. The topological polar surface area (TPSA) is 146 Å². The van der Waals surface area contributed by atoms with Gasteiger partial charge >= 0.3 is 0 Å². The van der Waals surface area contributed by atoms with Crippen molar-refractivity contribution < 1.29 is 18.8 Å². The molecule has 27 heavy (non-hydrogen) atoms. The van der Waals surface area contributed by atoms with Crippen LogP contribution in [0.4, 0.5) is 0 Å². The van der Waals surface area contributed by atoms with E-state index in [1.807, 2.05) is 0 Å². The van der Waals surface area contributed by atoms with E-state index in [-0.39, 0.29) is 12.1 Å². The van der Waals surface area contributed by atoms with Gasteiger partial charge in [-0.25, -0.2) is 15.0 Å². The van der Waals surface area contributed by atoms with E-state index in [1.54, 1.807) is 25.1 Å². The highest BCUT2D eigenvalue weighted by atomic mass is 16.3. The number of nitrogens with one attached hydrogen (secondary N) is 1. The quantitative estimate of drug-likeness (QED) is 0.556. The minimum absolute atomic E-state index is 0.0128. The Bertz CT molecular complexity index is 965. The van der Waals surface area contributed by atoms with Crippen LogP contribution in [0.15, 0.2) is 47.6 Å². The van der Waals surface area contributed by atoms with Gasteiger partial charge in [0.2, 0.25) is 5.78 Å². The van der Waals surface area contributed by atoms with Crippen LogP contribution in [0, 0.1) is 6.92 Å². The lowest BCUT2D eigenvalue weighted by Crippen LogP contribution is -2.47. The van der Waals surface area contributed by atoms with Crippen molar-refractivity contribution in [1.82, 2.24) is 24.8 Å². The Balaban J connectivity index is 1.88. The molecule has 0 spiro atoms. The number of carbonyl (C=O) groups is 3. The fourth-order valence-corrected chi connectivity index (χ4v) is 2.55. The Labute approximate surface area is 153 Å². The largest absolute Gasteiger partial charge is 0.469 e. The van der Waals surface area contributed by atoms with Crippen molar-refractivity contribution in [2.45, 2.75) is 19.4 Å². The number of carbonyl (C=O) groups excluding carboxylic acids is 3. The lowest BCUT2D eigenvalue weighted by atomic mass is 10.1. The van der Waals surface area contributed by atoms with E-state index in [1.165, 1.54) is 29.6 Å². The predicted molar refractivity (Wildman–Crippen MR) is 91.8 cm³/mol. The minimum atomic E-state index is -1.17. The number of ketones is 1. The van der Waals surface area contributed by atoms with Crippen molar-refractivity contribution in [2.24, 2.45) is 5.73 Å². The zero-order valence-electron chi connectivity index (χ0n) is 14.3. The number of aromatic nitrogens is 4. The van der Waals surface area contributed by atoms with Gasteiger partial charge < -0.3 is 15.5 Å². The van der Waals surface area contributed by atoms with Crippen molar-refractivity contribution in [2.75, 3.05) is 0 Å². The van der Waals surface area contributed by atoms with Gasteiger partial charge in [-0.1, -0.05) is 0 Å². The predicted octanol–water partition coefficient (Wildman–Crippen LogP) is -0.0408. The molecule has 0 aliphatic rings. The molecule has 138 valence electrons. The maximum atomic E-state index is 12.8. The molecule has 0 radical (unpaired) electrons. The second-order valence-electron chi connectivity index (χ2n) is 5.63. The zero-order valence-corrected chi connectivity index (χ0v) is 14.3. The van der Waals surface area contributed by atoms with Crippen molar-refractivity contribution in [3.8, 4) is 5.82 Å². The van der Waals surface area contributed by atoms with Crippen LogP contribution in [0.25, 0.3) is 5.82 Å². The average molecular weight is 368 g/mol. The number of hydrogen-bond donors (Lipinski definition) is 2. The molecule has 1 unspecified atom stereocenters. The summed E-state index contributed by atoms with van der Waals surface area (Å²) in [4.78, 5) is 48.3. The second-order valence-corrected chi connectivity index (χ2v) is 5.63. The summed E-state index contributed by atoms with van der Waals surface area (Å²) < 4.78 is 6.70. The molecule has 3 heterocycles. The second kappa shape index (κ2) is 7.60. The van der Waals surface area contributed by atoms with Gasteiger partial charge in [-0.3, -0.25) is 19.0 Å². The van der Waals surface area contributed by atoms with Crippen LogP contribution in [0.1, 0.15) is 22.1 Å². The number of rotatable bonds is 7. The number of primary amides is 1. The summed E-state index contributed by atoms with van der Waals surface area (Å²) in [6, 6.07) is 3.70. The highest BCUT2D eigenvalue weighted by Crippen LogP contribution is 2.13. The molecule has 0 saturated heterocycles. The fourth-order valence-electron chi connectivity index (χ4n) is 2.55. The number of amides is 2. The van der Waals surface area contributed by atoms with Crippen LogP contribution in [0.3, 0.4) is 0 Å². The van der Waals surface area contributed by atoms with E-state index in [4.69, 9.17) is 10.2 Å². The standard InChI is InChI=1S/C17H16N6O4/c1-10-20-8-13(23(10)14-4-5-19-9-21-14)17(26)22-12(15(24)16(18)25)7-11-3-2-6-27-11/h2-6,8-9,12H,7H2,1H3,(H2,18,25)(H,22,26). The van der Waals surface area contributed by atoms with Gasteiger partial charge in [-0.05, 0) is 25.1 Å². The lowest BCUT2D eigenvalue weighted by molar-refractivity contribution is -0.137. The average Bonchev–Trinajstić information content (AvgIpc) is 3.30.